The Morgan fingerprint density at radius 3 is 1.13 bits per heavy atom. The summed E-state index contributed by atoms with van der Waals surface area (Å²) in [6, 6.07) is 0. The van der Waals surface area contributed by atoms with Gasteiger partial charge in [-0.05, 0) is 150 Å². The van der Waals surface area contributed by atoms with E-state index in [1.54, 1.807) is 0 Å². The van der Waals surface area contributed by atoms with Crippen LogP contribution in [0, 0.1) is 5.92 Å². The van der Waals surface area contributed by atoms with Crippen molar-refractivity contribution in [3.05, 3.63) is 0 Å². The first-order valence-electron chi connectivity index (χ1n) is 29.3. The van der Waals surface area contributed by atoms with Crippen molar-refractivity contribution in [3.8, 4) is 0 Å². The number of aliphatic hydroxyl groups excluding tert-OH is 5. The first-order valence-corrected chi connectivity index (χ1v) is 29.3. The minimum absolute atomic E-state index is 0.233. The van der Waals surface area contributed by atoms with Crippen molar-refractivity contribution in [3.63, 3.8) is 0 Å². The van der Waals surface area contributed by atoms with Crippen molar-refractivity contribution in [1.29, 1.82) is 0 Å². The summed E-state index contributed by atoms with van der Waals surface area (Å²) in [5.41, 5.74) is 0. The molecule has 0 radical (unpaired) electrons. The van der Waals surface area contributed by atoms with Crippen molar-refractivity contribution in [2.24, 2.45) is 5.92 Å². The second-order valence-electron chi connectivity index (χ2n) is 20.3. The molecular formula is C55H116N8O7. The lowest BCUT2D eigenvalue weighted by molar-refractivity contribution is -0.148. The highest BCUT2D eigenvalue weighted by atomic mass is 16.4. The summed E-state index contributed by atoms with van der Waals surface area (Å²) in [6.07, 6.45) is 32.9. The molecule has 4 atom stereocenters. The second-order valence-corrected chi connectivity index (χ2v) is 20.3. The van der Waals surface area contributed by atoms with Crippen LogP contribution >= 0.6 is 0 Å². The molecule has 0 spiro atoms. The summed E-state index contributed by atoms with van der Waals surface area (Å²) >= 11 is 0. The second kappa shape index (κ2) is 55.3. The molecule has 0 aliphatic carbocycles. The monoisotopic (exact) mass is 1000 g/mol. The third-order valence-electron chi connectivity index (χ3n) is 13.6. The van der Waals surface area contributed by atoms with E-state index in [1.165, 1.54) is 173 Å². The Morgan fingerprint density at radius 2 is 0.714 bits per heavy atom. The molecule has 418 valence electrons. The van der Waals surface area contributed by atoms with Crippen LogP contribution in [0.1, 0.15) is 212 Å². The van der Waals surface area contributed by atoms with Crippen molar-refractivity contribution in [2.75, 3.05) is 99.2 Å². The maximum atomic E-state index is 12.4. The molecule has 0 saturated heterocycles. The van der Waals surface area contributed by atoms with Crippen molar-refractivity contribution in [1.82, 2.24) is 42.5 Å². The zero-order valence-corrected chi connectivity index (χ0v) is 45.5. The van der Waals surface area contributed by atoms with Crippen LogP contribution in [-0.4, -0.2) is 161 Å². The van der Waals surface area contributed by atoms with Gasteiger partial charge in [-0.3, -0.25) is 9.59 Å². The fourth-order valence-corrected chi connectivity index (χ4v) is 8.91. The van der Waals surface area contributed by atoms with Gasteiger partial charge in [0.15, 0.2) is 6.10 Å². The summed E-state index contributed by atoms with van der Waals surface area (Å²) in [6.45, 7) is 11.4. The van der Waals surface area contributed by atoms with E-state index < -0.39 is 36.9 Å². The van der Waals surface area contributed by atoms with E-state index in [0.29, 0.717) is 18.9 Å². The lowest BCUT2D eigenvalue weighted by Crippen LogP contribution is -2.51. The fraction of sp³-hybridized carbons (Fsp3) is 0.964. The highest BCUT2D eigenvalue weighted by molar-refractivity contribution is 5.81. The van der Waals surface area contributed by atoms with Gasteiger partial charge in [0, 0.05) is 19.5 Å². The van der Waals surface area contributed by atoms with E-state index in [9.17, 15) is 30.0 Å². The number of rotatable bonds is 58. The fourth-order valence-electron chi connectivity index (χ4n) is 8.91. The highest BCUT2D eigenvalue weighted by Crippen LogP contribution is 2.16. The van der Waals surface area contributed by atoms with Gasteiger partial charge < -0.3 is 68.1 Å². The van der Waals surface area contributed by atoms with Crippen LogP contribution in [0.4, 0.5) is 0 Å². The number of hydrogen-bond acceptors (Lipinski definition) is 13. The molecule has 70 heavy (non-hydrogen) atoms. The van der Waals surface area contributed by atoms with Crippen LogP contribution in [0.25, 0.3) is 0 Å². The van der Waals surface area contributed by atoms with E-state index in [4.69, 9.17) is 5.11 Å². The van der Waals surface area contributed by atoms with Gasteiger partial charge >= 0.3 is 0 Å². The molecule has 15 heteroatoms. The van der Waals surface area contributed by atoms with Gasteiger partial charge in [-0.2, -0.15) is 0 Å². The predicted molar refractivity (Wildman–Crippen MR) is 292 cm³/mol. The summed E-state index contributed by atoms with van der Waals surface area (Å²) < 4.78 is 0. The van der Waals surface area contributed by atoms with Crippen LogP contribution in [0.5, 0.6) is 0 Å². The standard InChI is InChI=1S/C55H116N8O7/c1-56-36-32-42-58-38-28-30-40-60-46-49(47-61-41-31-29-39-59-43-33-37-57-2)34-24-21-23-26-44-62-51(66)35-25-20-18-16-14-12-10-8-6-4-3-5-7-9-11-13-15-17-19-22-27-45-63-55(70)54(69)53(68)52(67)50(65)48-64/h49-50,52-54,56-61,64-65,67-69H,3-48H2,1-2H3,(H,62,66)(H,63,70)/t50-,52-,53+,54-/m1/s1. The van der Waals surface area contributed by atoms with Crippen LogP contribution in [0.15, 0.2) is 0 Å². The molecule has 0 saturated carbocycles. The number of nitrogens with one attached hydrogen (secondary N) is 8. The van der Waals surface area contributed by atoms with Crippen LogP contribution < -0.4 is 42.5 Å². The first kappa shape index (κ1) is 68.5. The average Bonchev–Trinajstić information content (AvgIpc) is 3.36. The van der Waals surface area contributed by atoms with E-state index in [-0.39, 0.29) is 5.91 Å². The molecule has 13 N–H and O–H groups in total. The summed E-state index contributed by atoms with van der Waals surface area (Å²) in [7, 11) is 4.02. The Bertz CT molecular complexity index is 1060. The minimum atomic E-state index is -1.87. The summed E-state index contributed by atoms with van der Waals surface area (Å²) in [4.78, 5) is 24.4. The number of carbonyl (C=O) groups excluding carboxylic acids is 2. The largest absolute Gasteiger partial charge is 0.394 e. The van der Waals surface area contributed by atoms with E-state index in [1.807, 2.05) is 14.1 Å². The zero-order valence-electron chi connectivity index (χ0n) is 45.5. The predicted octanol–water partition coefficient (Wildman–Crippen LogP) is 5.94. The Hall–Kier alpha value is -1.50. The molecule has 0 bridgehead atoms. The van der Waals surface area contributed by atoms with Crippen molar-refractivity contribution in [2.45, 2.75) is 236 Å². The molecular weight excluding hydrogens is 885 g/mol. The minimum Gasteiger partial charge on any atom is -0.394 e. The number of unbranched alkanes of at least 4 members (excludes halogenated alkanes) is 25. The Morgan fingerprint density at radius 1 is 0.371 bits per heavy atom. The van der Waals surface area contributed by atoms with Gasteiger partial charge in [0.05, 0.1) is 6.61 Å². The SMILES string of the molecule is CNCCCNCCCCNCC(CCCCCCNC(=O)CCCCCCCCCCCCCCCCCCCCCCCNC(=O)[C@H](O)[C@@H](O)[C@H](O)[C@H](O)CO)CNCCCCNCCCNC. The zero-order chi connectivity index (χ0) is 51.2. The van der Waals surface area contributed by atoms with Crippen LogP contribution in [0.3, 0.4) is 0 Å². The van der Waals surface area contributed by atoms with Gasteiger partial charge in [-0.1, -0.05) is 141 Å². The van der Waals surface area contributed by atoms with Gasteiger partial charge in [0.2, 0.25) is 5.91 Å². The normalized spacial score (nSPS) is 13.5. The van der Waals surface area contributed by atoms with Gasteiger partial charge in [0.1, 0.15) is 18.3 Å². The molecule has 0 aromatic rings. The molecule has 0 rings (SSSR count). The molecule has 0 aliphatic heterocycles. The number of amides is 2. The van der Waals surface area contributed by atoms with E-state index >= 15 is 0 Å². The number of hydrogen-bond donors (Lipinski definition) is 13. The van der Waals surface area contributed by atoms with Crippen molar-refractivity contribution >= 4 is 11.8 Å². The van der Waals surface area contributed by atoms with Gasteiger partial charge in [-0.15, -0.1) is 0 Å². The summed E-state index contributed by atoms with van der Waals surface area (Å²) in [5, 5.41) is 74.3. The maximum absolute atomic E-state index is 12.4. The molecule has 2 amide bonds. The molecule has 0 aromatic heterocycles. The van der Waals surface area contributed by atoms with Gasteiger partial charge in [0.25, 0.3) is 5.91 Å². The molecule has 0 fully saturated rings. The average molecular weight is 1000 g/mol. The first-order chi connectivity index (χ1) is 34.3. The Kier molecular flexibility index (Phi) is 54.1. The molecule has 0 aromatic carbocycles. The number of carbonyl (C=O) groups is 2. The topological polar surface area (TPSA) is 232 Å². The van der Waals surface area contributed by atoms with E-state index in [0.717, 1.165) is 104 Å². The molecule has 0 unspecified atom stereocenters. The lowest BCUT2D eigenvalue weighted by Gasteiger charge is -2.24. The Balaban J connectivity index is 3.67. The van der Waals surface area contributed by atoms with Crippen LogP contribution in [-0.2, 0) is 9.59 Å². The number of aliphatic hydroxyl groups is 5. The van der Waals surface area contributed by atoms with Gasteiger partial charge in [-0.25, -0.2) is 0 Å². The Labute approximate surface area is 429 Å². The van der Waals surface area contributed by atoms with E-state index in [2.05, 4.69) is 42.5 Å². The quantitative estimate of drug-likeness (QED) is 0.0317. The third kappa shape index (κ3) is 47.5. The molecule has 15 nitrogen and oxygen atoms in total. The van der Waals surface area contributed by atoms with Crippen molar-refractivity contribution < 1.29 is 35.1 Å². The smallest absolute Gasteiger partial charge is 0.251 e. The third-order valence-corrected chi connectivity index (χ3v) is 13.6. The highest BCUT2D eigenvalue weighted by Gasteiger charge is 2.34. The summed E-state index contributed by atoms with van der Waals surface area (Å²) in [5.74, 6) is 0.104. The molecule has 0 heterocycles. The molecule has 0 aliphatic rings. The lowest BCUT2D eigenvalue weighted by atomic mass is 10.00. The van der Waals surface area contributed by atoms with Crippen LogP contribution in [0.2, 0.25) is 0 Å². The maximum Gasteiger partial charge on any atom is 0.251 e.